The molecular weight excluding hydrogens is 248 g/mol. The lowest BCUT2D eigenvalue weighted by atomic mass is 9.94. The van der Waals surface area contributed by atoms with Gasteiger partial charge in [0.05, 0.1) is 5.69 Å². The second-order valence-electron chi connectivity index (χ2n) is 6.45. The van der Waals surface area contributed by atoms with E-state index in [9.17, 15) is 0 Å². The van der Waals surface area contributed by atoms with Crippen molar-refractivity contribution in [1.82, 2.24) is 15.1 Å². The maximum Gasteiger partial charge on any atom is 0.131 e. The van der Waals surface area contributed by atoms with Gasteiger partial charge < -0.3 is 10.2 Å². The van der Waals surface area contributed by atoms with E-state index < -0.39 is 0 Å². The maximum atomic E-state index is 4.64. The van der Waals surface area contributed by atoms with E-state index in [1.165, 1.54) is 43.5 Å². The molecular formula is C16H30N4. The Morgan fingerprint density at radius 1 is 1.30 bits per heavy atom. The average Bonchev–Trinajstić information content (AvgIpc) is 2.70. The third-order valence-corrected chi connectivity index (χ3v) is 4.46. The van der Waals surface area contributed by atoms with Crippen molar-refractivity contribution in [3.05, 3.63) is 11.3 Å². The van der Waals surface area contributed by atoms with Gasteiger partial charge in [-0.2, -0.15) is 5.10 Å². The van der Waals surface area contributed by atoms with Gasteiger partial charge in [0.25, 0.3) is 0 Å². The molecule has 1 aliphatic rings. The zero-order valence-electron chi connectivity index (χ0n) is 13.7. The van der Waals surface area contributed by atoms with Gasteiger partial charge in [-0.3, -0.25) is 4.68 Å². The molecule has 0 bridgehead atoms. The molecule has 0 atom stereocenters. The van der Waals surface area contributed by atoms with Crippen molar-refractivity contribution >= 4 is 5.82 Å². The van der Waals surface area contributed by atoms with E-state index in [2.05, 4.69) is 54.9 Å². The predicted molar refractivity (Wildman–Crippen MR) is 85.2 cm³/mol. The van der Waals surface area contributed by atoms with Gasteiger partial charge in [-0.15, -0.1) is 0 Å². The number of nitrogens with one attached hydrogen (secondary N) is 1. The molecule has 1 aliphatic carbocycles. The Bertz CT molecular complexity index is 430. The molecule has 4 heteroatoms. The topological polar surface area (TPSA) is 33.1 Å². The Hall–Kier alpha value is -1.03. The van der Waals surface area contributed by atoms with E-state index >= 15 is 0 Å². The second-order valence-corrected chi connectivity index (χ2v) is 6.45. The highest BCUT2D eigenvalue weighted by atomic mass is 15.4. The van der Waals surface area contributed by atoms with Gasteiger partial charge in [-0.1, -0.05) is 33.1 Å². The van der Waals surface area contributed by atoms with Crippen molar-refractivity contribution < 1.29 is 0 Å². The summed E-state index contributed by atoms with van der Waals surface area (Å²) in [5.41, 5.74) is 2.51. The second kappa shape index (κ2) is 6.61. The highest BCUT2D eigenvalue weighted by Gasteiger charge is 2.24. The summed E-state index contributed by atoms with van der Waals surface area (Å²) in [6.45, 7) is 7.41. The van der Waals surface area contributed by atoms with Gasteiger partial charge in [-0.05, 0) is 19.8 Å². The van der Waals surface area contributed by atoms with Gasteiger partial charge in [0, 0.05) is 38.3 Å². The lowest BCUT2D eigenvalue weighted by molar-refractivity contribution is 0.422. The molecule has 0 radical (unpaired) electrons. The summed E-state index contributed by atoms with van der Waals surface area (Å²) < 4.78 is 2.06. The molecule has 0 aliphatic heterocycles. The van der Waals surface area contributed by atoms with Gasteiger partial charge in [-0.25, -0.2) is 0 Å². The lowest BCUT2D eigenvalue weighted by Gasteiger charge is -2.33. The van der Waals surface area contributed by atoms with Crippen LogP contribution in [0.3, 0.4) is 0 Å². The Morgan fingerprint density at radius 2 is 1.95 bits per heavy atom. The van der Waals surface area contributed by atoms with E-state index in [0.717, 1.165) is 12.2 Å². The van der Waals surface area contributed by atoms with Crippen LogP contribution in [0.5, 0.6) is 0 Å². The fraction of sp³-hybridized carbons (Fsp3) is 0.812. The molecule has 0 unspecified atom stereocenters. The van der Waals surface area contributed by atoms with Crippen LogP contribution in [0.2, 0.25) is 0 Å². The highest BCUT2D eigenvalue weighted by molar-refractivity contribution is 5.50. The number of aryl methyl sites for hydroxylation is 2. The third kappa shape index (κ3) is 3.35. The quantitative estimate of drug-likeness (QED) is 0.899. The van der Waals surface area contributed by atoms with Crippen molar-refractivity contribution in [1.29, 1.82) is 0 Å². The molecule has 1 aromatic heterocycles. The van der Waals surface area contributed by atoms with Crippen molar-refractivity contribution in [2.45, 2.75) is 71.5 Å². The molecule has 1 heterocycles. The summed E-state index contributed by atoms with van der Waals surface area (Å²) in [6.07, 6.45) is 6.77. The average molecular weight is 278 g/mol. The number of aromatic nitrogens is 2. The minimum Gasteiger partial charge on any atom is -0.357 e. The van der Waals surface area contributed by atoms with Crippen molar-refractivity contribution in [3.8, 4) is 0 Å². The first kappa shape index (κ1) is 15.4. The SMILES string of the molecule is Cc1nn(C)c(N(C)C2CCCCC2)c1CNC(C)C. The molecule has 0 aromatic carbocycles. The first-order valence-corrected chi connectivity index (χ1v) is 7.99. The summed E-state index contributed by atoms with van der Waals surface area (Å²) in [7, 11) is 4.31. The first-order valence-electron chi connectivity index (χ1n) is 7.99. The van der Waals surface area contributed by atoms with E-state index in [4.69, 9.17) is 0 Å². The summed E-state index contributed by atoms with van der Waals surface area (Å²) >= 11 is 0. The number of anilines is 1. The number of hydrogen-bond donors (Lipinski definition) is 1. The molecule has 1 aromatic rings. The maximum absolute atomic E-state index is 4.64. The fourth-order valence-corrected chi connectivity index (χ4v) is 3.29. The number of hydrogen-bond acceptors (Lipinski definition) is 3. The zero-order chi connectivity index (χ0) is 14.7. The van der Waals surface area contributed by atoms with Crippen LogP contribution >= 0.6 is 0 Å². The summed E-state index contributed by atoms with van der Waals surface area (Å²) in [5, 5.41) is 8.17. The standard InChI is InChI=1S/C16H30N4/c1-12(2)17-11-15-13(3)18-20(5)16(15)19(4)14-9-7-6-8-10-14/h12,14,17H,6-11H2,1-5H3. The monoisotopic (exact) mass is 278 g/mol. The van der Waals surface area contributed by atoms with Gasteiger partial charge in [0.2, 0.25) is 0 Å². The van der Waals surface area contributed by atoms with E-state index in [1.54, 1.807) is 0 Å². The van der Waals surface area contributed by atoms with E-state index in [1.807, 2.05) is 0 Å². The molecule has 1 saturated carbocycles. The fourth-order valence-electron chi connectivity index (χ4n) is 3.29. The van der Waals surface area contributed by atoms with Crippen LogP contribution in [0.15, 0.2) is 0 Å². The van der Waals surface area contributed by atoms with Gasteiger partial charge in [0.15, 0.2) is 0 Å². The Balaban J connectivity index is 2.20. The van der Waals surface area contributed by atoms with Crippen LogP contribution in [0.1, 0.15) is 57.2 Å². The molecule has 0 amide bonds. The van der Waals surface area contributed by atoms with E-state index in [-0.39, 0.29) is 0 Å². The minimum atomic E-state index is 0.502. The Kier molecular flexibility index (Phi) is 5.08. The lowest BCUT2D eigenvalue weighted by Crippen LogP contribution is -2.35. The summed E-state index contributed by atoms with van der Waals surface area (Å²) in [6, 6.07) is 1.18. The predicted octanol–water partition coefficient (Wildman–Crippen LogP) is 3.00. The van der Waals surface area contributed by atoms with Crippen molar-refractivity contribution in [2.75, 3.05) is 11.9 Å². The summed E-state index contributed by atoms with van der Waals surface area (Å²) in [4.78, 5) is 2.47. The normalized spacial score (nSPS) is 16.9. The van der Waals surface area contributed by atoms with Crippen LogP contribution in [0.25, 0.3) is 0 Å². The van der Waals surface area contributed by atoms with Crippen LogP contribution < -0.4 is 10.2 Å². The molecule has 1 N–H and O–H groups in total. The molecule has 0 spiro atoms. The van der Waals surface area contributed by atoms with Crippen molar-refractivity contribution in [3.63, 3.8) is 0 Å². The smallest absolute Gasteiger partial charge is 0.131 e. The third-order valence-electron chi connectivity index (χ3n) is 4.46. The Morgan fingerprint density at radius 3 is 2.55 bits per heavy atom. The van der Waals surface area contributed by atoms with Gasteiger partial charge >= 0.3 is 0 Å². The number of nitrogens with zero attached hydrogens (tertiary/aromatic N) is 3. The molecule has 0 saturated heterocycles. The highest BCUT2D eigenvalue weighted by Crippen LogP contribution is 2.29. The molecule has 4 nitrogen and oxygen atoms in total. The van der Waals surface area contributed by atoms with E-state index in [0.29, 0.717) is 12.1 Å². The van der Waals surface area contributed by atoms with Crippen LogP contribution in [0, 0.1) is 6.92 Å². The molecule has 2 rings (SSSR count). The largest absolute Gasteiger partial charge is 0.357 e. The molecule has 20 heavy (non-hydrogen) atoms. The van der Waals surface area contributed by atoms with Crippen LogP contribution in [0.4, 0.5) is 5.82 Å². The van der Waals surface area contributed by atoms with Gasteiger partial charge in [0.1, 0.15) is 5.82 Å². The number of rotatable bonds is 5. The Labute approximate surface area is 123 Å². The van der Waals surface area contributed by atoms with Crippen LogP contribution in [-0.2, 0) is 13.6 Å². The van der Waals surface area contributed by atoms with Crippen LogP contribution in [-0.4, -0.2) is 28.9 Å². The summed E-state index contributed by atoms with van der Waals surface area (Å²) in [5.74, 6) is 1.29. The minimum absolute atomic E-state index is 0.502. The first-order chi connectivity index (χ1) is 9.50. The molecule has 1 fully saturated rings. The van der Waals surface area contributed by atoms with Crippen molar-refractivity contribution in [2.24, 2.45) is 7.05 Å². The molecule has 114 valence electrons. The zero-order valence-corrected chi connectivity index (χ0v) is 13.7.